The molecule has 0 bridgehead atoms. The van der Waals surface area contributed by atoms with Crippen molar-refractivity contribution < 1.29 is 29.5 Å². The third kappa shape index (κ3) is 3.17. The average Bonchev–Trinajstić information content (AvgIpc) is 3.13. The number of ether oxygens (including phenoxy) is 1. The maximum absolute atomic E-state index is 11.7. The van der Waals surface area contributed by atoms with Crippen LogP contribution in [0.15, 0.2) is 29.7 Å². The van der Waals surface area contributed by atoms with E-state index in [1.165, 1.54) is 0 Å². The van der Waals surface area contributed by atoms with Gasteiger partial charge in [0, 0.05) is 12.4 Å². The number of oxime groups is 1. The van der Waals surface area contributed by atoms with E-state index in [2.05, 4.69) is 15.1 Å². The van der Waals surface area contributed by atoms with Crippen LogP contribution in [0.4, 0.5) is 0 Å². The summed E-state index contributed by atoms with van der Waals surface area (Å²) < 4.78 is 11.2. The topological polar surface area (TPSA) is 140 Å². The van der Waals surface area contributed by atoms with Crippen molar-refractivity contribution in [3.8, 4) is 11.5 Å². The smallest absolute Gasteiger partial charge is 0.522 e. The van der Waals surface area contributed by atoms with E-state index in [9.17, 15) is 20.1 Å². The number of carboxylic acids is 1. The van der Waals surface area contributed by atoms with Crippen molar-refractivity contribution in [2.45, 2.75) is 18.8 Å². The predicted octanol–water partition coefficient (Wildman–Crippen LogP) is 0.422. The van der Waals surface area contributed by atoms with E-state index < -0.39 is 13.1 Å². The molecule has 11 heteroatoms. The Hall–Kier alpha value is -3.21. The highest BCUT2D eigenvalue weighted by molar-refractivity contribution is 6.44. The summed E-state index contributed by atoms with van der Waals surface area (Å²) in [6, 6.07) is 3.36. The van der Waals surface area contributed by atoms with Crippen LogP contribution in [0.2, 0.25) is 6.32 Å². The van der Waals surface area contributed by atoms with Crippen molar-refractivity contribution in [1.82, 2.24) is 14.9 Å². The molecule has 0 aliphatic carbocycles. The number of benzene rings is 1. The largest absolute Gasteiger partial charge is 0.535 e. The van der Waals surface area contributed by atoms with Crippen LogP contribution in [-0.2, 0) is 6.42 Å². The third-order valence-corrected chi connectivity index (χ3v) is 4.58. The molecule has 10 nitrogen and oxygen atoms in total. The zero-order valence-electron chi connectivity index (χ0n) is 14.2. The number of aryl methyl sites for hydroxylation is 1. The highest BCUT2D eigenvalue weighted by Gasteiger charge is 2.35. The number of carboxylic acid groups (broad SMARTS) is 1. The number of carbonyl (C=O) groups is 1. The van der Waals surface area contributed by atoms with Crippen molar-refractivity contribution in [2.75, 3.05) is 13.1 Å². The first-order chi connectivity index (χ1) is 13.1. The fourth-order valence-electron chi connectivity index (χ4n) is 3.23. The minimum atomic E-state index is -1.18. The quantitative estimate of drug-likeness (QED) is 0.199. The third-order valence-electron chi connectivity index (χ3n) is 4.58. The molecule has 0 amide bonds. The summed E-state index contributed by atoms with van der Waals surface area (Å²) in [6.45, 7) is 0.805. The van der Waals surface area contributed by atoms with E-state index in [0.717, 1.165) is 5.56 Å². The Labute approximate surface area is 154 Å². The van der Waals surface area contributed by atoms with Crippen LogP contribution in [0.5, 0.6) is 11.5 Å². The minimum absolute atomic E-state index is 0.0909. The molecule has 0 unspecified atom stereocenters. The van der Waals surface area contributed by atoms with Gasteiger partial charge in [-0.1, -0.05) is 11.2 Å². The van der Waals surface area contributed by atoms with Crippen LogP contribution >= 0.6 is 0 Å². The fraction of sp³-hybridized carbons (Fsp3) is 0.312. The van der Waals surface area contributed by atoms with E-state index in [1.807, 2.05) is 0 Å². The fourth-order valence-corrected chi connectivity index (χ4v) is 3.23. The summed E-state index contributed by atoms with van der Waals surface area (Å²) in [6.07, 6.45) is 3.83. The Kier molecular flexibility index (Phi) is 4.36. The molecular weight excluding hydrogens is 355 g/mol. The van der Waals surface area contributed by atoms with Crippen LogP contribution in [-0.4, -0.2) is 68.3 Å². The second-order valence-electron chi connectivity index (χ2n) is 6.35. The van der Waals surface area contributed by atoms with Gasteiger partial charge in [0.05, 0.1) is 13.1 Å². The molecule has 2 aromatic rings. The molecule has 4 rings (SSSR count). The number of amidine groups is 1. The summed E-state index contributed by atoms with van der Waals surface area (Å²) in [7, 11) is -1.03. The summed E-state index contributed by atoms with van der Waals surface area (Å²) >= 11 is 0. The van der Waals surface area contributed by atoms with Gasteiger partial charge < -0.3 is 34.6 Å². The van der Waals surface area contributed by atoms with Crippen molar-refractivity contribution in [1.29, 1.82) is 0 Å². The molecule has 140 valence electrons. The van der Waals surface area contributed by atoms with Gasteiger partial charge in [0.25, 0.3) is 0 Å². The number of hydrogen-bond acceptors (Lipinski definition) is 7. The standard InChI is InChI=1S/C16H17BN4O6/c22-16(23)12-11(2-1-9-3-4-17(24)27-13(9)12)26-10-7-21(8-10)15(20-25)14-18-5-6-19-14/h1-2,5-6,10,24-25H,3-4,7-8H2,(H,18,19)(H,22,23). The molecule has 0 atom stereocenters. The first kappa shape index (κ1) is 17.2. The second-order valence-corrected chi connectivity index (χ2v) is 6.35. The molecule has 1 fully saturated rings. The van der Waals surface area contributed by atoms with Crippen molar-refractivity contribution >= 4 is 18.9 Å². The van der Waals surface area contributed by atoms with Gasteiger partial charge in [0.1, 0.15) is 23.2 Å². The normalized spacial score (nSPS) is 17.1. The molecule has 0 saturated carbocycles. The number of fused-ring (bicyclic) bond motifs is 1. The molecule has 3 heterocycles. The molecule has 0 spiro atoms. The Morgan fingerprint density at radius 2 is 2.26 bits per heavy atom. The lowest BCUT2D eigenvalue weighted by Crippen LogP contribution is -2.56. The number of aromatic carboxylic acids is 1. The Balaban J connectivity index is 1.50. The Bertz CT molecular complexity index is 881. The van der Waals surface area contributed by atoms with Crippen LogP contribution < -0.4 is 9.39 Å². The number of aromatic nitrogens is 2. The maximum Gasteiger partial charge on any atom is 0.522 e. The molecule has 2 aliphatic rings. The highest BCUT2D eigenvalue weighted by Crippen LogP contribution is 2.37. The summed E-state index contributed by atoms with van der Waals surface area (Å²) in [5.41, 5.74) is 0.639. The number of likely N-dealkylation sites (tertiary alicyclic amines) is 1. The van der Waals surface area contributed by atoms with Gasteiger partial charge in [-0.25, -0.2) is 9.78 Å². The van der Waals surface area contributed by atoms with Gasteiger partial charge in [-0.15, -0.1) is 0 Å². The van der Waals surface area contributed by atoms with Gasteiger partial charge in [-0.2, -0.15) is 0 Å². The first-order valence-corrected chi connectivity index (χ1v) is 8.44. The number of hydrogen-bond donors (Lipinski definition) is 4. The van der Waals surface area contributed by atoms with Gasteiger partial charge in [-0.05, 0) is 24.4 Å². The summed E-state index contributed by atoms with van der Waals surface area (Å²) in [4.78, 5) is 20.4. The summed E-state index contributed by atoms with van der Waals surface area (Å²) in [5.74, 6) is -0.127. The molecule has 2 aliphatic heterocycles. The van der Waals surface area contributed by atoms with E-state index in [0.29, 0.717) is 31.7 Å². The lowest BCUT2D eigenvalue weighted by Gasteiger charge is -2.40. The molecule has 1 aromatic carbocycles. The number of aromatic amines is 1. The van der Waals surface area contributed by atoms with Gasteiger partial charge >= 0.3 is 13.1 Å². The van der Waals surface area contributed by atoms with E-state index in [4.69, 9.17) is 9.39 Å². The zero-order valence-corrected chi connectivity index (χ0v) is 14.2. The Morgan fingerprint density at radius 1 is 1.44 bits per heavy atom. The van der Waals surface area contributed by atoms with E-state index in [-0.39, 0.29) is 29.0 Å². The lowest BCUT2D eigenvalue weighted by atomic mass is 9.78. The second kappa shape index (κ2) is 6.84. The van der Waals surface area contributed by atoms with Crippen molar-refractivity contribution in [3.05, 3.63) is 41.5 Å². The van der Waals surface area contributed by atoms with E-state index >= 15 is 0 Å². The minimum Gasteiger partial charge on any atom is -0.535 e. The maximum atomic E-state index is 11.7. The number of imidazole rings is 1. The van der Waals surface area contributed by atoms with Crippen molar-refractivity contribution in [2.24, 2.45) is 5.16 Å². The highest BCUT2D eigenvalue weighted by atomic mass is 16.5. The molecule has 4 N–H and O–H groups in total. The number of H-pyrrole nitrogens is 1. The van der Waals surface area contributed by atoms with Crippen molar-refractivity contribution in [3.63, 3.8) is 0 Å². The number of nitrogens with zero attached hydrogens (tertiary/aromatic N) is 3. The molecular formula is C16H17BN4O6. The van der Waals surface area contributed by atoms with Crippen LogP contribution in [0.3, 0.4) is 0 Å². The molecule has 27 heavy (non-hydrogen) atoms. The molecule has 1 aromatic heterocycles. The Morgan fingerprint density at radius 3 is 2.93 bits per heavy atom. The first-order valence-electron chi connectivity index (χ1n) is 8.44. The predicted molar refractivity (Wildman–Crippen MR) is 93.4 cm³/mol. The molecule has 0 radical (unpaired) electrons. The van der Waals surface area contributed by atoms with Gasteiger partial charge in [-0.3, -0.25) is 0 Å². The van der Waals surface area contributed by atoms with Gasteiger partial charge in [0.15, 0.2) is 5.82 Å². The van der Waals surface area contributed by atoms with Crippen LogP contribution in [0.1, 0.15) is 21.7 Å². The van der Waals surface area contributed by atoms with Gasteiger partial charge in [0.2, 0.25) is 5.84 Å². The number of rotatable bonds is 4. The lowest BCUT2D eigenvalue weighted by molar-refractivity contribution is 0.0586. The monoisotopic (exact) mass is 372 g/mol. The zero-order chi connectivity index (χ0) is 19.0. The van der Waals surface area contributed by atoms with Crippen LogP contribution in [0.25, 0.3) is 0 Å². The van der Waals surface area contributed by atoms with Crippen LogP contribution in [0, 0.1) is 0 Å². The molecule has 1 saturated heterocycles. The average molecular weight is 372 g/mol. The van der Waals surface area contributed by atoms with E-state index in [1.54, 1.807) is 29.4 Å². The SMILES string of the molecule is O=C(O)c1c(OC2CN(C(=NO)c3ncc[nH]3)C2)ccc2c1OB(O)CC2. The number of nitrogens with one attached hydrogen (secondary N) is 1. The summed E-state index contributed by atoms with van der Waals surface area (Å²) in [5, 5.41) is 31.8.